The van der Waals surface area contributed by atoms with E-state index >= 15 is 0 Å². The molecule has 31 heavy (non-hydrogen) atoms. The Morgan fingerprint density at radius 2 is 2.00 bits per heavy atom. The molecule has 0 aromatic carbocycles. The molecular formula is C20H21ClF3N5O2. The monoisotopic (exact) mass is 455 g/mol. The van der Waals surface area contributed by atoms with E-state index in [1.807, 2.05) is 0 Å². The predicted molar refractivity (Wildman–Crippen MR) is 110 cm³/mol. The van der Waals surface area contributed by atoms with Crippen LogP contribution < -0.4 is 15.5 Å². The fourth-order valence-corrected chi connectivity index (χ4v) is 3.71. The summed E-state index contributed by atoms with van der Waals surface area (Å²) in [6.07, 6.45) is -1.89. The van der Waals surface area contributed by atoms with Crippen molar-refractivity contribution < 1.29 is 22.8 Å². The molecule has 1 fully saturated rings. The number of aromatic nitrogens is 2. The molecule has 3 heterocycles. The average Bonchev–Trinajstić information content (AvgIpc) is 3.16. The van der Waals surface area contributed by atoms with Gasteiger partial charge in [0.15, 0.2) is 0 Å². The third-order valence-electron chi connectivity index (χ3n) is 4.99. The van der Waals surface area contributed by atoms with Crippen LogP contribution in [0.25, 0.3) is 0 Å². The van der Waals surface area contributed by atoms with Gasteiger partial charge in [-0.15, -0.1) is 0 Å². The summed E-state index contributed by atoms with van der Waals surface area (Å²) in [5.74, 6) is -0.691. The molecule has 2 aromatic heterocycles. The fourth-order valence-electron chi connectivity index (χ4n) is 3.42. The molecular weight excluding hydrogens is 435 g/mol. The quantitative estimate of drug-likeness (QED) is 0.744. The Hall–Kier alpha value is -2.88. The topological polar surface area (TPSA) is 92.4 Å². The molecule has 0 bridgehead atoms. The zero-order valence-corrected chi connectivity index (χ0v) is 17.6. The van der Waals surface area contributed by atoms with Gasteiger partial charge in [-0.1, -0.05) is 25.4 Å². The number of rotatable bonds is 5. The van der Waals surface area contributed by atoms with Crippen molar-refractivity contribution in [3.63, 3.8) is 0 Å². The van der Waals surface area contributed by atoms with Crippen LogP contribution in [0.4, 0.5) is 24.8 Å². The third kappa shape index (κ3) is 4.90. The molecule has 1 saturated heterocycles. The molecule has 2 amide bonds. The summed E-state index contributed by atoms with van der Waals surface area (Å²) in [6, 6.07) is 3.41. The lowest BCUT2D eigenvalue weighted by Crippen LogP contribution is -2.45. The van der Waals surface area contributed by atoms with Gasteiger partial charge in [-0.05, 0) is 24.6 Å². The fraction of sp³-hybridized carbons (Fsp3) is 0.400. The average molecular weight is 456 g/mol. The molecule has 7 nitrogen and oxygen atoms in total. The molecule has 1 aliphatic heterocycles. The van der Waals surface area contributed by atoms with Gasteiger partial charge >= 0.3 is 6.18 Å². The van der Waals surface area contributed by atoms with Crippen LogP contribution in [0.1, 0.15) is 36.2 Å². The van der Waals surface area contributed by atoms with E-state index in [4.69, 9.17) is 17.3 Å². The maximum atomic E-state index is 13.0. The number of alkyl halides is 3. The number of amides is 2. The van der Waals surface area contributed by atoms with Crippen molar-refractivity contribution >= 4 is 35.1 Å². The lowest BCUT2D eigenvalue weighted by Gasteiger charge is -2.30. The summed E-state index contributed by atoms with van der Waals surface area (Å²) in [4.78, 5) is 35.9. The van der Waals surface area contributed by atoms with E-state index in [0.717, 1.165) is 12.3 Å². The molecule has 1 aliphatic rings. The van der Waals surface area contributed by atoms with Gasteiger partial charge in [0, 0.05) is 37.0 Å². The number of anilines is 2. The Balaban J connectivity index is 1.89. The second-order valence-electron chi connectivity index (χ2n) is 7.55. The molecule has 1 atom stereocenters. The Bertz CT molecular complexity index is 999. The maximum absolute atomic E-state index is 13.0. The number of hydrogen-bond acceptors (Lipinski definition) is 5. The van der Waals surface area contributed by atoms with Gasteiger partial charge in [0.25, 0.3) is 0 Å². The largest absolute Gasteiger partial charge is 0.417 e. The van der Waals surface area contributed by atoms with Crippen molar-refractivity contribution in [2.24, 2.45) is 11.7 Å². The molecule has 0 radical (unpaired) electrons. The number of halogens is 4. The van der Waals surface area contributed by atoms with Gasteiger partial charge in [-0.2, -0.15) is 13.2 Å². The van der Waals surface area contributed by atoms with Crippen molar-refractivity contribution in [3.05, 3.63) is 46.7 Å². The van der Waals surface area contributed by atoms with E-state index in [2.05, 4.69) is 9.97 Å². The zero-order valence-electron chi connectivity index (χ0n) is 16.9. The van der Waals surface area contributed by atoms with Crippen LogP contribution in [0.2, 0.25) is 5.02 Å². The predicted octanol–water partition coefficient (Wildman–Crippen LogP) is 3.52. The van der Waals surface area contributed by atoms with Crippen molar-refractivity contribution in [3.8, 4) is 0 Å². The minimum Gasteiger partial charge on any atom is -0.366 e. The lowest BCUT2D eigenvalue weighted by molar-refractivity contribution is -0.137. The summed E-state index contributed by atoms with van der Waals surface area (Å²) < 4.78 is 38.7. The smallest absolute Gasteiger partial charge is 0.366 e. The zero-order chi connectivity index (χ0) is 22.9. The highest BCUT2D eigenvalue weighted by atomic mass is 35.5. The molecule has 1 unspecified atom stereocenters. The number of carbonyl (C=O) groups excluding carboxylic acids is 2. The minimum absolute atomic E-state index is 0.119. The first-order chi connectivity index (χ1) is 14.5. The molecule has 11 heteroatoms. The Morgan fingerprint density at radius 3 is 2.58 bits per heavy atom. The van der Waals surface area contributed by atoms with Gasteiger partial charge in [-0.25, -0.2) is 9.97 Å². The van der Waals surface area contributed by atoms with E-state index in [0.29, 0.717) is 19.5 Å². The van der Waals surface area contributed by atoms with Gasteiger partial charge in [0.2, 0.25) is 11.8 Å². The van der Waals surface area contributed by atoms with E-state index in [9.17, 15) is 22.8 Å². The van der Waals surface area contributed by atoms with Crippen molar-refractivity contribution in [2.75, 3.05) is 22.9 Å². The van der Waals surface area contributed by atoms with Gasteiger partial charge in [-0.3, -0.25) is 14.5 Å². The molecule has 166 valence electrons. The first-order valence-electron chi connectivity index (χ1n) is 9.55. The first-order valence-corrected chi connectivity index (χ1v) is 9.93. The molecule has 0 saturated carbocycles. The third-order valence-corrected chi connectivity index (χ3v) is 5.26. The first kappa shape index (κ1) is 22.8. The highest BCUT2D eigenvalue weighted by molar-refractivity contribution is 6.33. The van der Waals surface area contributed by atoms with E-state index in [-0.39, 0.29) is 40.1 Å². The molecule has 0 spiro atoms. The summed E-state index contributed by atoms with van der Waals surface area (Å²) in [5.41, 5.74) is 4.64. The maximum Gasteiger partial charge on any atom is 0.417 e. The Morgan fingerprint density at radius 1 is 1.29 bits per heavy atom. The highest BCUT2D eigenvalue weighted by Crippen LogP contribution is 2.35. The summed E-state index contributed by atoms with van der Waals surface area (Å²) in [7, 11) is 0. The van der Waals surface area contributed by atoms with Crippen LogP contribution in [0.15, 0.2) is 30.6 Å². The second kappa shape index (κ2) is 8.70. The van der Waals surface area contributed by atoms with Gasteiger partial charge in [0.1, 0.15) is 11.6 Å². The van der Waals surface area contributed by atoms with E-state index in [1.54, 1.807) is 18.7 Å². The van der Waals surface area contributed by atoms with Gasteiger partial charge in [0.05, 0.1) is 16.6 Å². The van der Waals surface area contributed by atoms with Crippen LogP contribution in [-0.4, -0.2) is 40.9 Å². The number of hydrogen-bond donors (Lipinski definition) is 1. The molecule has 0 aliphatic carbocycles. The molecule has 2 N–H and O–H groups in total. The number of nitrogens with two attached hydrogens (primary N) is 1. The van der Waals surface area contributed by atoms with Crippen LogP contribution in [0, 0.1) is 5.92 Å². The summed E-state index contributed by atoms with van der Waals surface area (Å²) in [5, 5.41) is -0.119. The highest BCUT2D eigenvalue weighted by Gasteiger charge is 2.36. The number of primary amides is 1. The van der Waals surface area contributed by atoms with E-state index in [1.165, 1.54) is 23.2 Å². The Labute approximate surface area is 182 Å². The number of carbonyl (C=O) groups is 2. The molecule has 3 rings (SSSR count). The van der Waals surface area contributed by atoms with E-state index < -0.39 is 17.6 Å². The van der Waals surface area contributed by atoms with Crippen molar-refractivity contribution in [2.45, 2.75) is 32.5 Å². The standard InChI is InChI=1S/C20H21ClF3N5O2/c1-11(2)19(31)29(16-7-12(17(25)30)3-5-26-16)14-4-6-28(10-14)18-15(21)8-13(9-27-18)20(22,23)24/h3,5,7-9,11,14H,4,6,10H2,1-2H3,(H2,25,30). The SMILES string of the molecule is CC(C)C(=O)N(c1cc(C(N)=O)ccn1)C1CCN(c2ncc(C(F)(F)F)cc2Cl)C1. The summed E-state index contributed by atoms with van der Waals surface area (Å²) >= 11 is 6.08. The second-order valence-corrected chi connectivity index (χ2v) is 7.95. The lowest BCUT2D eigenvalue weighted by atomic mass is 10.1. The molecule has 2 aromatic rings. The normalized spacial score (nSPS) is 16.6. The minimum atomic E-state index is -4.54. The van der Waals surface area contributed by atoms with Crippen LogP contribution >= 0.6 is 11.6 Å². The van der Waals surface area contributed by atoms with Crippen LogP contribution in [-0.2, 0) is 11.0 Å². The van der Waals surface area contributed by atoms with Crippen molar-refractivity contribution in [1.82, 2.24) is 9.97 Å². The van der Waals surface area contributed by atoms with Crippen LogP contribution in [0.5, 0.6) is 0 Å². The van der Waals surface area contributed by atoms with Crippen molar-refractivity contribution in [1.29, 1.82) is 0 Å². The Kier molecular flexibility index (Phi) is 6.40. The van der Waals surface area contributed by atoms with Crippen LogP contribution in [0.3, 0.4) is 0 Å². The number of nitrogens with zero attached hydrogens (tertiary/aromatic N) is 4. The number of pyridine rings is 2. The van der Waals surface area contributed by atoms with Gasteiger partial charge < -0.3 is 10.6 Å². The summed E-state index contributed by atoms with van der Waals surface area (Å²) in [6.45, 7) is 4.21.